The molecule has 4 aromatic rings. The SMILES string of the molecule is C[C@@H](NCC[C@H]1CN(c2cccc(C(=O)O)n2)c2ccccc2O1)c1cccc2ccccc12.Cl. The number of hydrogen-bond donors (Lipinski definition) is 2. The van der Waals surface area contributed by atoms with Crippen LogP contribution in [0.25, 0.3) is 10.8 Å². The van der Waals surface area contributed by atoms with Crippen molar-refractivity contribution in [3.63, 3.8) is 0 Å². The zero-order valence-corrected chi connectivity index (χ0v) is 20.2. The van der Waals surface area contributed by atoms with Gasteiger partial charge in [0.25, 0.3) is 0 Å². The molecule has 1 aromatic heterocycles. The molecule has 7 heteroatoms. The molecule has 0 bridgehead atoms. The summed E-state index contributed by atoms with van der Waals surface area (Å²) in [5.41, 5.74) is 2.21. The Bertz CT molecular complexity index is 1320. The molecule has 0 unspecified atom stereocenters. The largest absolute Gasteiger partial charge is 0.486 e. The number of ether oxygens (including phenoxy) is 1. The van der Waals surface area contributed by atoms with E-state index in [0.717, 1.165) is 24.4 Å². The van der Waals surface area contributed by atoms with Gasteiger partial charge >= 0.3 is 5.97 Å². The number of para-hydroxylation sites is 2. The number of pyridine rings is 1. The molecule has 35 heavy (non-hydrogen) atoms. The van der Waals surface area contributed by atoms with E-state index in [2.05, 4.69) is 59.7 Å². The third kappa shape index (κ3) is 5.24. The number of nitrogens with one attached hydrogen (secondary N) is 1. The Labute approximate surface area is 211 Å². The predicted octanol–water partition coefficient (Wildman–Crippen LogP) is 5.99. The Hall–Kier alpha value is -3.61. The van der Waals surface area contributed by atoms with Crippen LogP contribution in [0.3, 0.4) is 0 Å². The number of aromatic carboxylic acids is 1. The van der Waals surface area contributed by atoms with Crippen molar-refractivity contribution in [2.24, 2.45) is 0 Å². The van der Waals surface area contributed by atoms with Crippen LogP contribution in [-0.4, -0.2) is 35.3 Å². The lowest BCUT2D eigenvalue weighted by Gasteiger charge is -2.36. The lowest BCUT2D eigenvalue weighted by Crippen LogP contribution is -2.39. The molecule has 0 aliphatic carbocycles. The second kappa shape index (κ2) is 10.8. The first-order valence-electron chi connectivity index (χ1n) is 11.5. The Kier molecular flexibility index (Phi) is 7.54. The van der Waals surface area contributed by atoms with Gasteiger partial charge in [0.1, 0.15) is 17.7 Å². The van der Waals surface area contributed by atoms with Gasteiger partial charge in [-0.1, -0.05) is 60.7 Å². The highest BCUT2D eigenvalue weighted by Gasteiger charge is 2.27. The maximum absolute atomic E-state index is 11.4. The van der Waals surface area contributed by atoms with Gasteiger partial charge in [-0.25, -0.2) is 9.78 Å². The summed E-state index contributed by atoms with van der Waals surface area (Å²) >= 11 is 0. The van der Waals surface area contributed by atoms with Crippen molar-refractivity contribution < 1.29 is 14.6 Å². The van der Waals surface area contributed by atoms with E-state index < -0.39 is 5.97 Å². The number of halogens is 1. The molecule has 0 amide bonds. The van der Waals surface area contributed by atoms with Crippen LogP contribution >= 0.6 is 12.4 Å². The minimum atomic E-state index is -1.04. The first kappa shape index (κ1) is 24.5. The lowest BCUT2D eigenvalue weighted by molar-refractivity contribution is 0.0690. The summed E-state index contributed by atoms with van der Waals surface area (Å²) in [5, 5.41) is 15.5. The van der Waals surface area contributed by atoms with E-state index in [-0.39, 0.29) is 30.2 Å². The van der Waals surface area contributed by atoms with Crippen molar-refractivity contribution in [3.8, 4) is 5.75 Å². The number of nitrogens with zero attached hydrogens (tertiary/aromatic N) is 2. The van der Waals surface area contributed by atoms with Gasteiger partial charge < -0.3 is 20.1 Å². The van der Waals surface area contributed by atoms with E-state index >= 15 is 0 Å². The number of carbonyl (C=O) groups is 1. The molecular formula is C28H28ClN3O3. The number of aromatic nitrogens is 1. The highest BCUT2D eigenvalue weighted by molar-refractivity contribution is 5.87. The standard InChI is InChI=1S/C28H27N3O3.ClH/c1-19(22-11-6-9-20-8-2-3-10-23(20)22)29-17-16-21-18-31(25-13-4-5-14-26(25)34-21)27-15-7-12-24(30-27)28(32)33;/h2-15,19,21,29H,16-18H2,1H3,(H,32,33);1H/t19-,21+;/m1./s1. The number of benzene rings is 3. The van der Waals surface area contributed by atoms with Crippen molar-refractivity contribution in [3.05, 3.63) is 96.2 Å². The van der Waals surface area contributed by atoms with Gasteiger partial charge in [0.05, 0.1) is 12.2 Å². The van der Waals surface area contributed by atoms with Crippen LogP contribution in [0.5, 0.6) is 5.75 Å². The van der Waals surface area contributed by atoms with Crippen LogP contribution in [0.15, 0.2) is 84.9 Å². The van der Waals surface area contributed by atoms with Gasteiger partial charge in [-0.2, -0.15) is 0 Å². The van der Waals surface area contributed by atoms with E-state index in [9.17, 15) is 9.90 Å². The number of carboxylic acids is 1. The van der Waals surface area contributed by atoms with Crippen molar-refractivity contribution >= 4 is 40.7 Å². The van der Waals surface area contributed by atoms with E-state index in [0.29, 0.717) is 12.4 Å². The first-order chi connectivity index (χ1) is 16.6. The van der Waals surface area contributed by atoms with Gasteiger partial charge in [-0.05, 0) is 60.5 Å². The lowest BCUT2D eigenvalue weighted by atomic mass is 9.99. The molecule has 0 saturated carbocycles. The molecule has 3 aromatic carbocycles. The maximum Gasteiger partial charge on any atom is 0.354 e. The smallest absolute Gasteiger partial charge is 0.354 e. The summed E-state index contributed by atoms with van der Waals surface area (Å²) < 4.78 is 6.29. The average molecular weight is 490 g/mol. The monoisotopic (exact) mass is 489 g/mol. The van der Waals surface area contributed by atoms with E-state index in [1.54, 1.807) is 6.07 Å². The fraction of sp³-hybridized carbons (Fsp3) is 0.214. The van der Waals surface area contributed by atoms with Gasteiger partial charge in [-0.3, -0.25) is 0 Å². The minimum Gasteiger partial charge on any atom is -0.486 e. The van der Waals surface area contributed by atoms with Gasteiger partial charge in [0.2, 0.25) is 0 Å². The predicted molar refractivity (Wildman–Crippen MR) is 141 cm³/mol. The summed E-state index contributed by atoms with van der Waals surface area (Å²) in [6, 6.07) is 28.0. The molecule has 0 saturated heterocycles. The van der Waals surface area contributed by atoms with Crippen LogP contribution in [0.4, 0.5) is 11.5 Å². The fourth-order valence-electron chi connectivity index (χ4n) is 4.56. The molecule has 5 rings (SSSR count). The average Bonchev–Trinajstić information content (AvgIpc) is 2.88. The molecule has 6 nitrogen and oxygen atoms in total. The van der Waals surface area contributed by atoms with Crippen LogP contribution in [0.1, 0.15) is 35.4 Å². The Morgan fingerprint density at radius 1 is 1.06 bits per heavy atom. The summed E-state index contributed by atoms with van der Waals surface area (Å²) in [6.45, 7) is 3.57. The Balaban J connectivity index is 0.00000289. The zero-order valence-electron chi connectivity index (χ0n) is 19.4. The molecule has 0 radical (unpaired) electrons. The normalized spacial score (nSPS) is 15.6. The molecule has 2 atom stereocenters. The number of rotatable bonds is 7. The first-order valence-corrected chi connectivity index (χ1v) is 11.5. The molecule has 0 fully saturated rings. The third-order valence-electron chi connectivity index (χ3n) is 6.27. The summed E-state index contributed by atoms with van der Waals surface area (Å²) in [5.74, 6) is 0.354. The molecular weight excluding hydrogens is 462 g/mol. The van der Waals surface area contributed by atoms with Crippen molar-refractivity contribution in [2.75, 3.05) is 18.0 Å². The molecule has 0 spiro atoms. The van der Waals surface area contributed by atoms with Crippen LogP contribution in [0, 0.1) is 0 Å². The second-order valence-corrected chi connectivity index (χ2v) is 8.54. The quantitative estimate of drug-likeness (QED) is 0.332. The summed E-state index contributed by atoms with van der Waals surface area (Å²) in [4.78, 5) is 17.8. The molecule has 2 heterocycles. The molecule has 1 aliphatic heterocycles. The van der Waals surface area contributed by atoms with Crippen molar-refractivity contribution in [1.82, 2.24) is 10.3 Å². The number of hydrogen-bond acceptors (Lipinski definition) is 5. The summed E-state index contributed by atoms with van der Waals surface area (Å²) in [7, 11) is 0. The Morgan fingerprint density at radius 2 is 1.80 bits per heavy atom. The van der Waals surface area contributed by atoms with E-state index in [4.69, 9.17) is 4.74 Å². The van der Waals surface area contributed by atoms with Gasteiger partial charge in [-0.15, -0.1) is 12.4 Å². The molecule has 1 aliphatic rings. The van der Waals surface area contributed by atoms with Gasteiger partial charge in [0, 0.05) is 6.04 Å². The van der Waals surface area contributed by atoms with Crippen LogP contribution in [0.2, 0.25) is 0 Å². The minimum absolute atomic E-state index is 0. The Morgan fingerprint density at radius 3 is 2.66 bits per heavy atom. The van der Waals surface area contributed by atoms with E-state index in [1.807, 2.05) is 35.2 Å². The van der Waals surface area contributed by atoms with Crippen LogP contribution in [-0.2, 0) is 0 Å². The number of fused-ring (bicyclic) bond motifs is 2. The third-order valence-corrected chi connectivity index (χ3v) is 6.27. The van der Waals surface area contributed by atoms with Gasteiger partial charge in [0.15, 0.2) is 5.69 Å². The summed E-state index contributed by atoms with van der Waals surface area (Å²) in [6.07, 6.45) is 0.746. The number of anilines is 2. The number of carboxylic acid groups (broad SMARTS) is 1. The highest BCUT2D eigenvalue weighted by atomic mass is 35.5. The van der Waals surface area contributed by atoms with Crippen LogP contribution < -0.4 is 15.0 Å². The maximum atomic E-state index is 11.4. The molecule has 2 N–H and O–H groups in total. The molecule has 180 valence electrons. The highest BCUT2D eigenvalue weighted by Crippen LogP contribution is 2.37. The zero-order chi connectivity index (χ0) is 23.5. The van der Waals surface area contributed by atoms with Crippen molar-refractivity contribution in [1.29, 1.82) is 0 Å². The van der Waals surface area contributed by atoms with E-state index in [1.165, 1.54) is 22.4 Å². The topological polar surface area (TPSA) is 74.7 Å². The fourth-order valence-corrected chi connectivity index (χ4v) is 4.56. The van der Waals surface area contributed by atoms with Crippen molar-refractivity contribution in [2.45, 2.75) is 25.5 Å². The second-order valence-electron chi connectivity index (χ2n) is 8.54.